The number of ether oxygens (including phenoxy) is 1. The molecule has 3 nitrogen and oxygen atoms in total. The first-order valence-corrected chi connectivity index (χ1v) is 4.87. The lowest BCUT2D eigenvalue weighted by Crippen LogP contribution is -2.16. The van der Waals surface area contributed by atoms with Gasteiger partial charge >= 0.3 is 6.18 Å². The monoisotopic (exact) mass is 244 g/mol. The Labute approximate surface area is 96.8 Å². The second-order valence-electron chi connectivity index (χ2n) is 3.27. The zero-order valence-electron chi connectivity index (χ0n) is 9.14. The van der Waals surface area contributed by atoms with Gasteiger partial charge in [-0.25, -0.2) is 0 Å². The first kappa shape index (κ1) is 13.3. The van der Waals surface area contributed by atoms with E-state index in [2.05, 4.69) is 5.32 Å². The second kappa shape index (κ2) is 5.55. The fourth-order valence-corrected chi connectivity index (χ4v) is 1.22. The molecule has 1 rings (SSSR count). The molecule has 0 atom stereocenters. The van der Waals surface area contributed by atoms with E-state index in [0.717, 1.165) is 12.1 Å². The molecule has 0 bridgehead atoms. The number of hydrogen-bond donors (Lipinski definition) is 1. The van der Waals surface area contributed by atoms with Crippen LogP contribution in [-0.2, 0) is 6.18 Å². The molecular weight excluding hydrogens is 233 g/mol. The highest BCUT2D eigenvalue weighted by molar-refractivity contribution is 5.44. The molecule has 1 aromatic carbocycles. The van der Waals surface area contributed by atoms with Gasteiger partial charge in [0.15, 0.2) is 0 Å². The normalized spacial score (nSPS) is 11.0. The van der Waals surface area contributed by atoms with Gasteiger partial charge in [0.2, 0.25) is 0 Å². The SMILES string of the molecule is CNCCOc1ccc(C(F)(F)F)c(C#N)c1. The van der Waals surface area contributed by atoms with Crippen LogP contribution in [0.4, 0.5) is 13.2 Å². The van der Waals surface area contributed by atoms with E-state index < -0.39 is 17.3 Å². The van der Waals surface area contributed by atoms with Gasteiger partial charge in [-0.15, -0.1) is 0 Å². The largest absolute Gasteiger partial charge is 0.492 e. The van der Waals surface area contributed by atoms with Crippen molar-refractivity contribution in [3.63, 3.8) is 0 Å². The molecule has 0 aliphatic rings. The van der Waals surface area contributed by atoms with Gasteiger partial charge in [0.05, 0.1) is 17.2 Å². The quantitative estimate of drug-likeness (QED) is 0.825. The number of nitrogens with one attached hydrogen (secondary N) is 1. The molecule has 0 unspecified atom stereocenters. The van der Waals surface area contributed by atoms with Crippen LogP contribution in [0.25, 0.3) is 0 Å². The maximum Gasteiger partial charge on any atom is 0.417 e. The van der Waals surface area contributed by atoms with Crippen LogP contribution < -0.4 is 10.1 Å². The molecule has 0 amide bonds. The first-order chi connectivity index (χ1) is 7.99. The molecule has 0 aromatic heterocycles. The summed E-state index contributed by atoms with van der Waals surface area (Å²) < 4.78 is 42.6. The maximum absolute atomic E-state index is 12.5. The van der Waals surface area contributed by atoms with Gasteiger partial charge in [0, 0.05) is 6.54 Å². The number of likely N-dealkylation sites (N-methyl/N-ethyl adjacent to an activating group) is 1. The van der Waals surface area contributed by atoms with E-state index in [0.29, 0.717) is 13.2 Å². The zero-order chi connectivity index (χ0) is 12.9. The number of rotatable bonds is 4. The highest BCUT2D eigenvalue weighted by atomic mass is 19.4. The lowest BCUT2D eigenvalue weighted by molar-refractivity contribution is -0.137. The molecular formula is C11H11F3N2O. The minimum absolute atomic E-state index is 0.254. The molecule has 0 saturated carbocycles. The Morgan fingerprint density at radius 3 is 2.65 bits per heavy atom. The van der Waals surface area contributed by atoms with E-state index in [1.165, 1.54) is 12.1 Å². The lowest BCUT2D eigenvalue weighted by atomic mass is 10.1. The van der Waals surface area contributed by atoms with Crippen molar-refractivity contribution in [2.75, 3.05) is 20.2 Å². The van der Waals surface area contributed by atoms with Crippen molar-refractivity contribution in [3.05, 3.63) is 29.3 Å². The summed E-state index contributed by atoms with van der Waals surface area (Å²) in [6.45, 7) is 0.898. The van der Waals surface area contributed by atoms with E-state index >= 15 is 0 Å². The predicted molar refractivity (Wildman–Crippen MR) is 55.6 cm³/mol. The molecule has 1 N–H and O–H groups in total. The van der Waals surface area contributed by atoms with E-state index in [4.69, 9.17) is 10.00 Å². The van der Waals surface area contributed by atoms with Crippen molar-refractivity contribution >= 4 is 0 Å². The number of benzene rings is 1. The summed E-state index contributed by atoms with van der Waals surface area (Å²) in [6.07, 6.45) is -4.52. The topological polar surface area (TPSA) is 45.0 Å². The third-order valence-electron chi connectivity index (χ3n) is 2.04. The van der Waals surface area contributed by atoms with Crippen LogP contribution >= 0.6 is 0 Å². The van der Waals surface area contributed by atoms with Gasteiger partial charge < -0.3 is 10.1 Å². The number of halogens is 3. The minimum atomic E-state index is -4.52. The Bertz CT molecular complexity index is 424. The van der Waals surface area contributed by atoms with Gasteiger partial charge in [-0.05, 0) is 25.2 Å². The molecule has 0 spiro atoms. The van der Waals surface area contributed by atoms with Crippen LogP contribution in [0.3, 0.4) is 0 Å². The van der Waals surface area contributed by atoms with Gasteiger partial charge in [-0.3, -0.25) is 0 Å². The Morgan fingerprint density at radius 2 is 2.12 bits per heavy atom. The minimum Gasteiger partial charge on any atom is -0.492 e. The summed E-state index contributed by atoms with van der Waals surface area (Å²) in [4.78, 5) is 0. The van der Waals surface area contributed by atoms with Crippen molar-refractivity contribution in [1.82, 2.24) is 5.32 Å². The van der Waals surface area contributed by atoms with Gasteiger partial charge in [0.25, 0.3) is 0 Å². The van der Waals surface area contributed by atoms with Crippen LogP contribution in [0.1, 0.15) is 11.1 Å². The molecule has 0 heterocycles. The first-order valence-electron chi connectivity index (χ1n) is 4.87. The molecule has 0 aliphatic carbocycles. The van der Waals surface area contributed by atoms with Crippen molar-refractivity contribution in [3.8, 4) is 11.8 Å². The average Bonchev–Trinajstić information content (AvgIpc) is 2.28. The molecule has 1 aromatic rings. The third-order valence-corrected chi connectivity index (χ3v) is 2.04. The predicted octanol–water partition coefficient (Wildman–Crippen LogP) is 2.18. The average molecular weight is 244 g/mol. The summed E-state index contributed by atoms with van der Waals surface area (Å²) in [7, 11) is 1.73. The van der Waals surface area contributed by atoms with Crippen LogP contribution in [0.2, 0.25) is 0 Å². The van der Waals surface area contributed by atoms with Gasteiger partial charge in [0.1, 0.15) is 12.4 Å². The molecule has 0 aliphatic heterocycles. The van der Waals surface area contributed by atoms with Crippen molar-refractivity contribution < 1.29 is 17.9 Å². The van der Waals surface area contributed by atoms with E-state index in [1.54, 1.807) is 7.05 Å². The van der Waals surface area contributed by atoms with Crippen molar-refractivity contribution in [2.24, 2.45) is 0 Å². The van der Waals surface area contributed by atoms with E-state index in [-0.39, 0.29) is 5.75 Å². The van der Waals surface area contributed by atoms with Crippen LogP contribution in [0.15, 0.2) is 18.2 Å². The van der Waals surface area contributed by atoms with E-state index in [9.17, 15) is 13.2 Å². The Morgan fingerprint density at radius 1 is 1.41 bits per heavy atom. The standard InChI is InChI=1S/C11H11F3N2O/c1-16-4-5-17-9-2-3-10(11(12,13)14)8(6-9)7-15/h2-3,6,16H,4-5H2,1H3. The maximum atomic E-state index is 12.5. The van der Waals surface area contributed by atoms with Gasteiger partial charge in [-0.1, -0.05) is 0 Å². The summed E-state index contributed by atoms with van der Waals surface area (Å²) in [5.74, 6) is 0.254. The summed E-state index contributed by atoms with van der Waals surface area (Å²) in [6, 6.07) is 4.68. The third kappa shape index (κ3) is 3.64. The fraction of sp³-hybridized carbons (Fsp3) is 0.364. The zero-order valence-corrected chi connectivity index (χ0v) is 9.14. The molecule has 0 saturated heterocycles. The van der Waals surface area contributed by atoms with Crippen molar-refractivity contribution in [1.29, 1.82) is 5.26 Å². The molecule has 6 heteroatoms. The molecule has 0 radical (unpaired) electrons. The highest BCUT2D eigenvalue weighted by Gasteiger charge is 2.33. The Hall–Kier alpha value is -1.74. The molecule has 17 heavy (non-hydrogen) atoms. The number of alkyl halides is 3. The van der Waals surface area contributed by atoms with Crippen LogP contribution in [0, 0.1) is 11.3 Å². The summed E-state index contributed by atoms with van der Waals surface area (Å²) in [5.41, 5.74) is -1.37. The molecule has 0 fully saturated rings. The van der Waals surface area contributed by atoms with Crippen molar-refractivity contribution in [2.45, 2.75) is 6.18 Å². The highest BCUT2D eigenvalue weighted by Crippen LogP contribution is 2.33. The number of hydrogen-bond acceptors (Lipinski definition) is 3. The summed E-state index contributed by atoms with van der Waals surface area (Å²) in [5, 5.41) is 11.5. The summed E-state index contributed by atoms with van der Waals surface area (Å²) >= 11 is 0. The second-order valence-corrected chi connectivity index (χ2v) is 3.27. The van der Waals surface area contributed by atoms with Crippen LogP contribution in [-0.4, -0.2) is 20.2 Å². The molecule has 92 valence electrons. The Balaban J connectivity index is 2.90. The fourth-order valence-electron chi connectivity index (χ4n) is 1.22. The van der Waals surface area contributed by atoms with Crippen LogP contribution in [0.5, 0.6) is 5.75 Å². The van der Waals surface area contributed by atoms with E-state index in [1.807, 2.05) is 0 Å². The Kier molecular flexibility index (Phi) is 4.35. The number of nitriles is 1. The smallest absolute Gasteiger partial charge is 0.417 e. The lowest BCUT2D eigenvalue weighted by Gasteiger charge is -2.11. The number of nitrogens with zero attached hydrogens (tertiary/aromatic N) is 1. The van der Waals surface area contributed by atoms with Gasteiger partial charge in [-0.2, -0.15) is 18.4 Å².